The highest BCUT2D eigenvalue weighted by Crippen LogP contribution is 2.49. The topological polar surface area (TPSA) is 29.9 Å². The highest BCUT2D eigenvalue weighted by molar-refractivity contribution is 5.10. The van der Waals surface area contributed by atoms with Gasteiger partial charge in [0.05, 0.1) is 11.7 Å². The lowest BCUT2D eigenvalue weighted by Gasteiger charge is -2.22. The van der Waals surface area contributed by atoms with Crippen molar-refractivity contribution in [3.8, 4) is 0 Å². The normalized spacial score (nSPS) is 22.9. The SMILES string of the molecule is FC(F)(F)C1(NCc2ccn(C3CCCCC3)n2)CC1. The first-order valence-electron chi connectivity index (χ1n) is 7.36. The fraction of sp³-hybridized carbons (Fsp3) is 0.786. The van der Waals surface area contributed by atoms with E-state index in [1.165, 1.54) is 19.3 Å². The van der Waals surface area contributed by atoms with Crippen LogP contribution in [0.5, 0.6) is 0 Å². The maximum atomic E-state index is 12.8. The quantitative estimate of drug-likeness (QED) is 0.917. The van der Waals surface area contributed by atoms with Crippen molar-refractivity contribution in [3.63, 3.8) is 0 Å². The van der Waals surface area contributed by atoms with Crippen molar-refractivity contribution >= 4 is 0 Å². The van der Waals surface area contributed by atoms with E-state index in [0.717, 1.165) is 12.8 Å². The van der Waals surface area contributed by atoms with E-state index >= 15 is 0 Å². The van der Waals surface area contributed by atoms with Crippen molar-refractivity contribution in [1.29, 1.82) is 0 Å². The number of hydrogen-bond donors (Lipinski definition) is 1. The van der Waals surface area contributed by atoms with Crippen molar-refractivity contribution in [2.45, 2.75) is 69.2 Å². The average molecular weight is 287 g/mol. The third kappa shape index (κ3) is 2.71. The van der Waals surface area contributed by atoms with Gasteiger partial charge in [-0.1, -0.05) is 19.3 Å². The van der Waals surface area contributed by atoms with E-state index in [9.17, 15) is 13.2 Å². The van der Waals surface area contributed by atoms with E-state index in [0.29, 0.717) is 11.7 Å². The highest BCUT2D eigenvalue weighted by Gasteiger charge is 2.62. The number of nitrogens with zero attached hydrogens (tertiary/aromatic N) is 2. The van der Waals surface area contributed by atoms with E-state index in [1.807, 2.05) is 16.9 Å². The predicted octanol–water partition coefficient (Wildman–Crippen LogP) is 3.57. The van der Waals surface area contributed by atoms with Gasteiger partial charge in [0, 0.05) is 12.7 Å². The maximum Gasteiger partial charge on any atom is 0.406 e. The summed E-state index contributed by atoms with van der Waals surface area (Å²) < 4.78 is 40.4. The molecular weight excluding hydrogens is 267 g/mol. The van der Waals surface area contributed by atoms with Crippen molar-refractivity contribution in [2.24, 2.45) is 0 Å². The van der Waals surface area contributed by atoms with Gasteiger partial charge in [0.2, 0.25) is 0 Å². The average Bonchev–Trinajstić information content (AvgIpc) is 3.09. The standard InChI is InChI=1S/C14H20F3N3/c15-14(16,17)13(7-8-13)18-10-11-6-9-20(19-11)12-4-2-1-3-5-12/h6,9,12,18H,1-5,7-8,10H2. The molecule has 0 atom stereocenters. The Morgan fingerprint density at radius 2 is 1.95 bits per heavy atom. The van der Waals surface area contributed by atoms with Gasteiger partial charge in [-0.25, -0.2) is 0 Å². The van der Waals surface area contributed by atoms with Crippen LogP contribution in [0, 0.1) is 0 Å². The van der Waals surface area contributed by atoms with Crippen LogP contribution >= 0.6 is 0 Å². The molecule has 1 aromatic rings. The Morgan fingerprint density at radius 3 is 2.55 bits per heavy atom. The fourth-order valence-corrected chi connectivity index (χ4v) is 2.97. The molecule has 0 spiro atoms. The summed E-state index contributed by atoms with van der Waals surface area (Å²) in [5.74, 6) is 0. The van der Waals surface area contributed by atoms with Crippen molar-refractivity contribution in [1.82, 2.24) is 15.1 Å². The molecule has 0 aliphatic heterocycles. The molecule has 0 bridgehead atoms. The van der Waals surface area contributed by atoms with Gasteiger partial charge in [-0.2, -0.15) is 18.3 Å². The van der Waals surface area contributed by atoms with Gasteiger partial charge in [0.15, 0.2) is 0 Å². The van der Waals surface area contributed by atoms with Crippen LogP contribution in [0.15, 0.2) is 12.3 Å². The van der Waals surface area contributed by atoms with Gasteiger partial charge in [0.25, 0.3) is 0 Å². The molecule has 3 nitrogen and oxygen atoms in total. The minimum atomic E-state index is -4.15. The summed E-state index contributed by atoms with van der Waals surface area (Å²) in [6.45, 7) is 0.194. The Morgan fingerprint density at radius 1 is 1.25 bits per heavy atom. The zero-order valence-electron chi connectivity index (χ0n) is 11.4. The van der Waals surface area contributed by atoms with Gasteiger partial charge in [0.1, 0.15) is 5.54 Å². The Bertz CT molecular complexity index is 456. The molecule has 112 valence electrons. The van der Waals surface area contributed by atoms with Gasteiger partial charge >= 0.3 is 6.18 Å². The Kier molecular flexibility index (Phi) is 3.52. The zero-order valence-corrected chi connectivity index (χ0v) is 11.4. The number of hydrogen-bond acceptors (Lipinski definition) is 2. The molecule has 0 radical (unpaired) electrons. The van der Waals surface area contributed by atoms with Crippen LogP contribution < -0.4 is 5.32 Å². The van der Waals surface area contributed by atoms with Gasteiger partial charge < -0.3 is 0 Å². The van der Waals surface area contributed by atoms with Crippen LogP contribution in [-0.4, -0.2) is 21.5 Å². The minimum absolute atomic E-state index is 0.180. The predicted molar refractivity (Wildman–Crippen MR) is 69.2 cm³/mol. The molecular formula is C14H20F3N3. The first-order chi connectivity index (χ1) is 9.50. The lowest BCUT2D eigenvalue weighted by molar-refractivity contribution is -0.166. The molecule has 0 saturated heterocycles. The van der Waals surface area contributed by atoms with Crippen LogP contribution in [0.25, 0.3) is 0 Å². The Hall–Kier alpha value is -1.04. The molecule has 0 aromatic carbocycles. The number of aromatic nitrogens is 2. The number of rotatable bonds is 4. The third-order valence-electron chi connectivity index (χ3n) is 4.51. The first-order valence-corrected chi connectivity index (χ1v) is 7.36. The van der Waals surface area contributed by atoms with E-state index in [2.05, 4.69) is 10.4 Å². The summed E-state index contributed by atoms with van der Waals surface area (Å²) in [5.41, 5.74) is -0.951. The van der Waals surface area contributed by atoms with Crippen LogP contribution in [0.2, 0.25) is 0 Å². The second-order valence-electron chi connectivity index (χ2n) is 6.01. The molecule has 1 aromatic heterocycles. The fourth-order valence-electron chi connectivity index (χ4n) is 2.97. The molecule has 6 heteroatoms. The summed E-state index contributed by atoms with van der Waals surface area (Å²) in [7, 11) is 0. The summed E-state index contributed by atoms with van der Waals surface area (Å²) in [4.78, 5) is 0. The maximum absolute atomic E-state index is 12.8. The second-order valence-corrected chi connectivity index (χ2v) is 6.01. The van der Waals surface area contributed by atoms with E-state index in [4.69, 9.17) is 0 Å². The Labute approximate surface area is 116 Å². The van der Waals surface area contributed by atoms with Gasteiger partial charge in [-0.05, 0) is 31.7 Å². The van der Waals surface area contributed by atoms with Gasteiger partial charge in [-0.3, -0.25) is 10.00 Å². The lowest BCUT2D eigenvalue weighted by Crippen LogP contribution is -2.44. The Balaban J connectivity index is 1.58. The monoisotopic (exact) mass is 287 g/mol. The molecule has 1 N–H and O–H groups in total. The van der Waals surface area contributed by atoms with Crippen LogP contribution in [0.4, 0.5) is 13.2 Å². The molecule has 0 unspecified atom stereocenters. The molecule has 2 saturated carbocycles. The van der Waals surface area contributed by atoms with E-state index < -0.39 is 11.7 Å². The van der Waals surface area contributed by atoms with Crippen LogP contribution in [0.3, 0.4) is 0 Å². The van der Waals surface area contributed by atoms with Crippen LogP contribution in [-0.2, 0) is 6.54 Å². The molecule has 1 heterocycles. The number of alkyl halides is 3. The number of nitrogens with one attached hydrogen (secondary N) is 1. The van der Waals surface area contributed by atoms with Crippen molar-refractivity contribution in [3.05, 3.63) is 18.0 Å². The third-order valence-corrected chi connectivity index (χ3v) is 4.51. The summed E-state index contributed by atoms with van der Waals surface area (Å²) in [6.07, 6.45) is 4.08. The van der Waals surface area contributed by atoms with Crippen molar-refractivity contribution < 1.29 is 13.2 Å². The van der Waals surface area contributed by atoms with Gasteiger partial charge in [-0.15, -0.1) is 0 Å². The number of halogens is 3. The lowest BCUT2D eigenvalue weighted by atomic mass is 9.96. The van der Waals surface area contributed by atoms with Crippen LogP contribution in [0.1, 0.15) is 56.7 Å². The zero-order chi connectivity index (χ0) is 14.2. The summed E-state index contributed by atoms with van der Waals surface area (Å²) in [5, 5.41) is 7.08. The minimum Gasteiger partial charge on any atom is -0.298 e. The molecule has 3 rings (SSSR count). The molecule has 2 aliphatic carbocycles. The highest BCUT2D eigenvalue weighted by atomic mass is 19.4. The van der Waals surface area contributed by atoms with Crippen molar-refractivity contribution in [2.75, 3.05) is 0 Å². The molecule has 2 aliphatic rings. The molecule has 2 fully saturated rings. The molecule has 0 amide bonds. The summed E-state index contributed by atoms with van der Waals surface area (Å²) >= 11 is 0. The molecule has 20 heavy (non-hydrogen) atoms. The first kappa shape index (κ1) is 13.9. The van der Waals surface area contributed by atoms with E-state index in [1.54, 1.807) is 0 Å². The summed E-state index contributed by atoms with van der Waals surface area (Å²) in [6, 6.07) is 2.25. The second kappa shape index (κ2) is 5.06. The largest absolute Gasteiger partial charge is 0.406 e. The van der Waals surface area contributed by atoms with E-state index in [-0.39, 0.29) is 19.4 Å². The smallest absolute Gasteiger partial charge is 0.298 e.